The van der Waals surface area contributed by atoms with Gasteiger partial charge in [-0.1, -0.05) is 11.6 Å². The van der Waals surface area contributed by atoms with E-state index in [2.05, 4.69) is 10.6 Å². The van der Waals surface area contributed by atoms with Crippen LogP contribution in [0.1, 0.15) is 19.3 Å². The highest BCUT2D eigenvalue weighted by atomic mass is 35.5. The van der Waals surface area contributed by atoms with E-state index in [1.54, 1.807) is 0 Å². The van der Waals surface area contributed by atoms with Gasteiger partial charge in [-0.25, -0.2) is 4.79 Å². The van der Waals surface area contributed by atoms with E-state index in [1.165, 1.54) is 4.90 Å². The van der Waals surface area contributed by atoms with Crippen LogP contribution in [-0.4, -0.2) is 42.0 Å². The minimum absolute atomic E-state index is 0.165. The quantitative estimate of drug-likeness (QED) is 0.550. The SMILES string of the molecule is O=C1CC(Cl)NC(=O)N1CC1CCNCC1. The maximum atomic E-state index is 11.7. The van der Waals surface area contributed by atoms with Gasteiger partial charge in [-0.2, -0.15) is 0 Å². The number of imide groups is 1. The molecule has 2 aliphatic rings. The lowest BCUT2D eigenvalue weighted by Crippen LogP contribution is -2.54. The molecule has 2 saturated heterocycles. The monoisotopic (exact) mass is 245 g/mol. The molecule has 16 heavy (non-hydrogen) atoms. The van der Waals surface area contributed by atoms with E-state index in [9.17, 15) is 9.59 Å². The van der Waals surface area contributed by atoms with Crippen molar-refractivity contribution >= 4 is 23.5 Å². The van der Waals surface area contributed by atoms with Crippen LogP contribution in [0.25, 0.3) is 0 Å². The van der Waals surface area contributed by atoms with Gasteiger partial charge < -0.3 is 10.6 Å². The number of nitrogens with zero attached hydrogens (tertiary/aromatic N) is 1. The summed E-state index contributed by atoms with van der Waals surface area (Å²) in [5.74, 6) is 0.255. The molecule has 90 valence electrons. The van der Waals surface area contributed by atoms with Gasteiger partial charge >= 0.3 is 6.03 Å². The number of amides is 3. The fraction of sp³-hybridized carbons (Fsp3) is 0.800. The first-order valence-corrected chi connectivity index (χ1v) is 6.06. The van der Waals surface area contributed by atoms with E-state index in [-0.39, 0.29) is 18.4 Å². The van der Waals surface area contributed by atoms with Crippen LogP contribution >= 0.6 is 11.6 Å². The van der Waals surface area contributed by atoms with Crippen LogP contribution in [0, 0.1) is 5.92 Å². The summed E-state index contributed by atoms with van der Waals surface area (Å²) in [6.45, 7) is 2.45. The van der Waals surface area contributed by atoms with Gasteiger partial charge in [0, 0.05) is 6.54 Å². The molecule has 6 heteroatoms. The molecule has 0 spiro atoms. The number of hydrogen-bond acceptors (Lipinski definition) is 3. The molecule has 0 aliphatic carbocycles. The average Bonchev–Trinajstić information content (AvgIpc) is 2.25. The van der Waals surface area contributed by atoms with Gasteiger partial charge in [-0.05, 0) is 31.8 Å². The smallest absolute Gasteiger partial charge is 0.321 e. The Kier molecular flexibility index (Phi) is 3.66. The van der Waals surface area contributed by atoms with Crippen molar-refractivity contribution in [2.24, 2.45) is 5.92 Å². The van der Waals surface area contributed by atoms with E-state index < -0.39 is 5.50 Å². The van der Waals surface area contributed by atoms with Crippen LogP contribution in [0.5, 0.6) is 0 Å². The highest BCUT2D eigenvalue weighted by Crippen LogP contribution is 2.17. The molecular formula is C10H16ClN3O2. The highest BCUT2D eigenvalue weighted by molar-refractivity contribution is 6.23. The number of carbonyl (C=O) groups excluding carboxylic acids is 2. The summed E-state index contributed by atoms with van der Waals surface area (Å²) in [5.41, 5.74) is -0.552. The Morgan fingerprint density at radius 2 is 2.00 bits per heavy atom. The maximum Gasteiger partial charge on any atom is 0.325 e. The zero-order valence-electron chi connectivity index (χ0n) is 9.04. The molecule has 2 aliphatic heterocycles. The van der Waals surface area contributed by atoms with E-state index in [4.69, 9.17) is 11.6 Å². The second kappa shape index (κ2) is 5.01. The zero-order chi connectivity index (χ0) is 11.5. The van der Waals surface area contributed by atoms with Crippen molar-refractivity contribution in [1.82, 2.24) is 15.5 Å². The normalized spacial score (nSPS) is 28.1. The molecule has 0 aromatic carbocycles. The summed E-state index contributed by atoms with van der Waals surface area (Å²) in [7, 11) is 0. The third kappa shape index (κ3) is 2.65. The van der Waals surface area contributed by atoms with Crippen molar-refractivity contribution in [3.63, 3.8) is 0 Å². The van der Waals surface area contributed by atoms with Gasteiger partial charge in [0.25, 0.3) is 0 Å². The van der Waals surface area contributed by atoms with Crippen LogP contribution in [0.4, 0.5) is 4.79 Å². The van der Waals surface area contributed by atoms with Crippen molar-refractivity contribution < 1.29 is 9.59 Å². The maximum absolute atomic E-state index is 11.7. The summed E-state index contributed by atoms with van der Waals surface area (Å²) in [5, 5.41) is 5.82. The Morgan fingerprint density at radius 1 is 1.31 bits per heavy atom. The van der Waals surface area contributed by atoms with Crippen LogP contribution in [0.15, 0.2) is 0 Å². The molecular weight excluding hydrogens is 230 g/mol. The molecule has 0 aromatic heterocycles. The molecule has 2 N–H and O–H groups in total. The highest BCUT2D eigenvalue weighted by Gasteiger charge is 2.32. The Balaban J connectivity index is 1.92. The lowest BCUT2D eigenvalue weighted by molar-refractivity contribution is -0.130. The van der Waals surface area contributed by atoms with Crippen LogP contribution in [-0.2, 0) is 4.79 Å². The van der Waals surface area contributed by atoms with Gasteiger partial charge in [0.1, 0.15) is 5.50 Å². The molecule has 3 amide bonds. The fourth-order valence-electron chi connectivity index (χ4n) is 2.15. The van der Waals surface area contributed by atoms with E-state index in [0.717, 1.165) is 25.9 Å². The molecule has 2 rings (SSSR count). The third-order valence-electron chi connectivity index (χ3n) is 3.08. The van der Waals surface area contributed by atoms with Crippen molar-refractivity contribution in [1.29, 1.82) is 0 Å². The van der Waals surface area contributed by atoms with Crippen molar-refractivity contribution in [3.05, 3.63) is 0 Å². The number of halogens is 1. The second-order valence-corrected chi connectivity index (χ2v) is 4.85. The first kappa shape index (κ1) is 11.7. The van der Waals surface area contributed by atoms with Gasteiger partial charge in [0.05, 0.1) is 6.42 Å². The van der Waals surface area contributed by atoms with E-state index >= 15 is 0 Å². The number of hydrogen-bond donors (Lipinski definition) is 2. The molecule has 5 nitrogen and oxygen atoms in total. The predicted octanol–water partition coefficient (Wildman–Crippen LogP) is 0.493. The van der Waals surface area contributed by atoms with Crippen molar-refractivity contribution in [2.45, 2.75) is 24.8 Å². The van der Waals surface area contributed by atoms with Crippen LogP contribution in [0.3, 0.4) is 0 Å². The number of urea groups is 1. The molecule has 1 unspecified atom stereocenters. The lowest BCUT2D eigenvalue weighted by atomic mass is 9.97. The predicted molar refractivity (Wildman–Crippen MR) is 60.1 cm³/mol. The average molecular weight is 246 g/mol. The van der Waals surface area contributed by atoms with Gasteiger partial charge in [-0.15, -0.1) is 0 Å². The number of piperidine rings is 1. The topological polar surface area (TPSA) is 61.4 Å². The van der Waals surface area contributed by atoms with Crippen molar-refractivity contribution in [3.8, 4) is 0 Å². The van der Waals surface area contributed by atoms with Crippen molar-refractivity contribution in [2.75, 3.05) is 19.6 Å². The van der Waals surface area contributed by atoms with E-state index in [1.807, 2.05) is 0 Å². The van der Waals surface area contributed by atoms with Crippen LogP contribution in [0.2, 0.25) is 0 Å². The number of carbonyl (C=O) groups is 2. The zero-order valence-corrected chi connectivity index (χ0v) is 9.79. The summed E-state index contributed by atoms with van der Waals surface area (Å²) in [4.78, 5) is 24.5. The molecule has 0 bridgehead atoms. The molecule has 2 fully saturated rings. The van der Waals surface area contributed by atoms with Gasteiger partial charge in [0.2, 0.25) is 5.91 Å². The number of rotatable bonds is 2. The number of nitrogens with one attached hydrogen (secondary N) is 2. The standard InChI is InChI=1S/C10H16ClN3O2/c11-8-5-9(15)14(10(16)13-8)6-7-1-3-12-4-2-7/h7-8,12H,1-6H2,(H,13,16). The first-order valence-electron chi connectivity index (χ1n) is 5.62. The minimum atomic E-state index is -0.552. The van der Waals surface area contributed by atoms with Gasteiger partial charge in [0.15, 0.2) is 0 Å². The molecule has 0 radical (unpaired) electrons. The Morgan fingerprint density at radius 3 is 2.62 bits per heavy atom. The number of alkyl halides is 1. The summed E-state index contributed by atoms with van der Waals surface area (Å²) in [6, 6.07) is -0.352. The minimum Gasteiger partial charge on any atom is -0.321 e. The summed E-state index contributed by atoms with van der Waals surface area (Å²) < 4.78 is 0. The van der Waals surface area contributed by atoms with Crippen LogP contribution < -0.4 is 10.6 Å². The molecule has 1 atom stereocenters. The first-order chi connectivity index (χ1) is 7.66. The van der Waals surface area contributed by atoms with E-state index in [0.29, 0.717) is 12.5 Å². The molecule has 0 aromatic rings. The molecule has 0 saturated carbocycles. The Hall–Kier alpha value is -0.810. The largest absolute Gasteiger partial charge is 0.325 e. The van der Waals surface area contributed by atoms with Gasteiger partial charge in [-0.3, -0.25) is 9.69 Å². The second-order valence-electron chi connectivity index (χ2n) is 4.32. The summed E-state index contributed by atoms with van der Waals surface area (Å²) in [6.07, 6.45) is 2.22. The summed E-state index contributed by atoms with van der Waals surface area (Å²) >= 11 is 5.72. The lowest BCUT2D eigenvalue weighted by Gasteiger charge is -2.32. The Bertz CT molecular complexity index is 274. The Labute approximate surface area is 99.5 Å². The fourth-order valence-corrected chi connectivity index (χ4v) is 2.37. The molecule has 2 heterocycles. The third-order valence-corrected chi connectivity index (χ3v) is 3.34.